The van der Waals surface area contributed by atoms with E-state index in [0.717, 1.165) is 0 Å². The molecule has 2 amide bonds. The van der Waals surface area contributed by atoms with Crippen LogP contribution in [0, 0.1) is 5.82 Å². The van der Waals surface area contributed by atoms with Gasteiger partial charge in [0.1, 0.15) is 5.82 Å². The average Bonchev–Trinajstić information content (AvgIpc) is 2.38. The molecular weight excluding hydrogens is 315 g/mol. The standard InChI is InChI=1S/C13H16BrFN2O2/c1-4-17(8-11(18)16(2)3)13(19)9-6-5-7-10(15)12(9)14/h5-7H,4,8H2,1-3H3. The number of benzene rings is 1. The first-order valence-corrected chi connectivity index (χ1v) is 6.61. The van der Waals surface area contributed by atoms with Crippen LogP contribution in [0.5, 0.6) is 0 Å². The number of rotatable bonds is 4. The van der Waals surface area contributed by atoms with Crippen LogP contribution < -0.4 is 0 Å². The van der Waals surface area contributed by atoms with Gasteiger partial charge in [-0.25, -0.2) is 4.39 Å². The highest BCUT2D eigenvalue weighted by molar-refractivity contribution is 9.10. The third kappa shape index (κ3) is 3.76. The molecule has 0 aromatic heterocycles. The molecule has 6 heteroatoms. The van der Waals surface area contributed by atoms with Gasteiger partial charge in [-0.2, -0.15) is 0 Å². The molecule has 0 saturated carbocycles. The Morgan fingerprint density at radius 2 is 1.95 bits per heavy atom. The predicted octanol–water partition coefficient (Wildman–Crippen LogP) is 2.14. The van der Waals surface area contributed by atoms with E-state index in [1.807, 2.05) is 0 Å². The fraction of sp³-hybridized carbons (Fsp3) is 0.385. The minimum atomic E-state index is -0.499. The number of amides is 2. The normalized spacial score (nSPS) is 10.2. The Balaban J connectivity index is 2.96. The van der Waals surface area contributed by atoms with Crippen LogP contribution in [-0.4, -0.2) is 48.8 Å². The number of hydrogen-bond donors (Lipinski definition) is 0. The Morgan fingerprint density at radius 3 is 2.47 bits per heavy atom. The van der Waals surface area contributed by atoms with Crippen molar-refractivity contribution >= 4 is 27.7 Å². The Hall–Kier alpha value is -1.43. The van der Waals surface area contributed by atoms with Crippen molar-refractivity contribution in [3.63, 3.8) is 0 Å². The Labute approximate surface area is 120 Å². The maximum atomic E-state index is 13.4. The van der Waals surface area contributed by atoms with Gasteiger partial charge in [0.05, 0.1) is 16.6 Å². The highest BCUT2D eigenvalue weighted by atomic mass is 79.9. The van der Waals surface area contributed by atoms with Crippen molar-refractivity contribution in [1.29, 1.82) is 0 Å². The number of carbonyl (C=O) groups excluding carboxylic acids is 2. The molecule has 0 fully saturated rings. The number of hydrogen-bond acceptors (Lipinski definition) is 2. The molecule has 0 unspecified atom stereocenters. The molecule has 0 aliphatic carbocycles. The van der Waals surface area contributed by atoms with Gasteiger partial charge in [0.25, 0.3) is 5.91 Å². The first kappa shape index (κ1) is 15.6. The van der Waals surface area contributed by atoms with Crippen molar-refractivity contribution < 1.29 is 14.0 Å². The lowest BCUT2D eigenvalue weighted by atomic mass is 10.2. The maximum absolute atomic E-state index is 13.4. The molecular formula is C13H16BrFN2O2. The molecule has 0 N–H and O–H groups in total. The zero-order valence-corrected chi connectivity index (χ0v) is 12.7. The monoisotopic (exact) mass is 330 g/mol. The third-order valence-electron chi connectivity index (χ3n) is 2.68. The molecule has 0 radical (unpaired) electrons. The molecule has 4 nitrogen and oxygen atoms in total. The molecule has 104 valence electrons. The van der Waals surface area contributed by atoms with Gasteiger partial charge in [-0.05, 0) is 35.0 Å². The topological polar surface area (TPSA) is 40.6 Å². The van der Waals surface area contributed by atoms with E-state index >= 15 is 0 Å². The average molecular weight is 331 g/mol. The Kier molecular flexibility index (Phi) is 5.47. The van der Waals surface area contributed by atoms with E-state index in [9.17, 15) is 14.0 Å². The highest BCUT2D eigenvalue weighted by Gasteiger charge is 2.21. The lowest BCUT2D eigenvalue weighted by Crippen LogP contribution is -2.40. The van der Waals surface area contributed by atoms with Gasteiger partial charge < -0.3 is 9.80 Å². The van der Waals surface area contributed by atoms with Crippen LogP contribution in [0.3, 0.4) is 0 Å². The van der Waals surface area contributed by atoms with Crippen molar-refractivity contribution in [2.45, 2.75) is 6.92 Å². The van der Waals surface area contributed by atoms with Crippen LogP contribution in [0.15, 0.2) is 22.7 Å². The molecule has 0 saturated heterocycles. The summed E-state index contributed by atoms with van der Waals surface area (Å²) in [6.45, 7) is 2.13. The Bertz CT molecular complexity index is 492. The number of halogens is 2. The van der Waals surface area contributed by atoms with E-state index in [1.54, 1.807) is 21.0 Å². The third-order valence-corrected chi connectivity index (χ3v) is 3.48. The molecule has 0 heterocycles. The second-order valence-electron chi connectivity index (χ2n) is 4.21. The molecule has 0 bridgehead atoms. The molecule has 0 aliphatic rings. The van der Waals surface area contributed by atoms with Crippen LogP contribution in [0.2, 0.25) is 0 Å². The van der Waals surface area contributed by atoms with Gasteiger partial charge in [-0.3, -0.25) is 9.59 Å². The minimum absolute atomic E-state index is 0.0225. The largest absolute Gasteiger partial charge is 0.347 e. The summed E-state index contributed by atoms with van der Waals surface area (Å²) in [6.07, 6.45) is 0. The van der Waals surface area contributed by atoms with Crippen molar-refractivity contribution in [1.82, 2.24) is 9.80 Å². The molecule has 0 spiro atoms. The van der Waals surface area contributed by atoms with Gasteiger partial charge >= 0.3 is 0 Å². The quantitative estimate of drug-likeness (QED) is 0.848. The van der Waals surface area contributed by atoms with E-state index in [2.05, 4.69) is 15.9 Å². The maximum Gasteiger partial charge on any atom is 0.255 e. The highest BCUT2D eigenvalue weighted by Crippen LogP contribution is 2.21. The summed E-state index contributed by atoms with van der Waals surface area (Å²) in [4.78, 5) is 26.7. The summed E-state index contributed by atoms with van der Waals surface area (Å²) >= 11 is 3.06. The Morgan fingerprint density at radius 1 is 1.32 bits per heavy atom. The number of carbonyl (C=O) groups is 2. The summed E-state index contributed by atoms with van der Waals surface area (Å²) in [5, 5.41) is 0. The van der Waals surface area contributed by atoms with Gasteiger partial charge in [-0.1, -0.05) is 6.07 Å². The summed E-state index contributed by atoms with van der Waals surface area (Å²) in [7, 11) is 3.25. The number of nitrogens with zero attached hydrogens (tertiary/aromatic N) is 2. The molecule has 1 rings (SSSR count). The van der Waals surface area contributed by atoms with Crippen molar-refractivity contribution in [2.75, 3.05) is 27.2 Å². The zero-order valence-electron chi connectivity index (χ0n) is 11.1. The molecule has 1 aromatic rings. The van der Waals surface area contributed by atoms with E-state index in [4.69, 9.17) is 0 Å². The van der Waals surface area contributed by atoms with E-state index < -0.39 is 5.82 Å². The summed E-state index contributed by atoms with van der Waals surface area (Å²) in [6, 6.07) is 4.26. The SMILES string of the molecule is CCN(CC(=O)N(C)C)C(=O)c1cccc(F)c1Br. The van der Waals surface area contributed by atoms with Gasteiger partial charge in [0.15, 0.2) is 0 Å². The first-order chi connectivity index (χ1) is 8.88. The molecule has 0 atom stereocenters. The van der Waals surface area contributed by atoms with Crippen LogP contribution >= 0.6 is 15.9 Å². The molecule has 1 aromatic carbocycles. The summed E-state index contributed by atoms with van der Waals surface area (Å²) in [5.41, 5.74) is 0.216. The second-order valence-corrected chi connectivity index (χ2v) is 5.00. The van der Waals surface area contributed by atoms with E-state index in [0.29, 0.717) is 6.54 Å². The van der Waals surface area contributed by atoms with Gasteiger partial charge in [0.2, 0.25) is 5.91 Å². The van der Waals surface area contributed by atoms with E-state index in [1.165, 1.54) is 28.0 Å². The van der Waals surface area contributed by atoms with Crippen LogP contribution in [0.4, 0.5) is 4.39 Å². The van der Waals surface area contributed by atoms with Crippen LogP contribution in [0.1, 0.15) is 17.3 Å². The molecule has 19 heavy (non-hydrogen) atoms. The molecule has 0 aliphatic heterocycles. The zero-order chi connectivity index (χ0) is 14.6. The van der Waals surface area contributed by atoms with Crippen molar-refractivity contribution in [3.8, 4) is 0 Å². The predicted molar refractivity (Wildman–Crippen MR) is 74.4 cm³/mol. The first-order valence-electron chi connectivity index (χ1n) is 5.81. The lowest BCUT2D eigenvalue weighted by Gasteiger charge is -2.22. The van der Waals surface area contributed by atoms with Crippen LogP contribution in [-0.2, 0) is 4.79 Å². The van der Waals surface area contributed by atoms with Crippen LogP contribution in [0.25, 0.3) is 0 Å². The van der Waals surface area contributed by atoms with E-state index in [-0.39, 0.29) is 28.4 Å². The smallest absolute Gasteiger partial charge is 0.255 e. The fourth-order valence-electron chi connectivity index (χ4n) is 1.47. The summed E-state index contributed by atoms with van der Waals surface area (Å²) in [5.74, 6) is -1.05. The van der Waals surface area contributed by atoms with Crippen molar-refractivity contribution in [2.24, 2.45) is 0 Å². The lowest BCUT2D eigenvalue weighted by molar-refractivity contribution is -0.129. The van der Waals surface area contributed by atoms with Gasteiger partial charge in [-0.15, -0.1) is 0 Å². The van der Waals surface area contributed by atoms with Gasteiger partial charge in [0, 0.05) is 20.6 Å². The fourth-order valence-corrected chi connectivity index (χ4v) is 1.91. The second kappa shape index (κ2) is 6.65. The minimum Gasteiger partial charge on any atom is -0.347 e. The number of likely N-dealkylation sites (N-methyl/N-ethyl adjacent to an activating group) is 2. The summed E-state index contributed by atoms with van der Waals surface area (Å²) < 4.78 is 13.5. The van der Waals surface area contributed by atoms with Crippen molar-refractivity contribution in [3.05, 3.63) is 34.1 Å².